The third-order valence-electron chi connectivity index (χ3n) is 15.5. The van der Waals surface area contributed by atoms with Crippen molar-refractivity contribution in [2.75, 3.05) is 13.2 Å². The van der Waals surface area contributed by atoms with Gasteiger partial charge in [0, 0.05) is 19.3 Å². The molecule has 6 heteroatoms. The highest BCUT2D eigenvalue weighted by atomic mass is 16.6. The fourth-order valence-electron chi connectivity index (χ4n) is 10.3. The smallest absolute Gasteiger partial charge is 0.306 e. The molecule has 1 unspecified atom stereocenters. The second-order valence-electron chi connectivity index (χ2n) is 23.4. The highest BCUT2D eigenvalue weighted by Crippen LogP contribution is 2.18. The number of esters is 3. The van der Waals surface area contributed by atoms with Crippen molar-refractivity contribution in [3.63, 3.8) is 0 Å². The second kappa shape index (κ2) is 68.3. The standard InChI is InChI=1S/C74H132O6/c1-4-7-10-13-16-19-22-24-26-28-30-32-34-36-37-39-40-42-44-46-48-50-52-55-58-61-64-67-73(76)79-70-71(69-78-72(75)66-63-60-57-54-21-18-15-12-9-6-3)80-74(77)68-65-62-59-56-53-51-49-47-45-43-41-38-35-33-31-29-27-25-23-20-17-14-11-8-5-2/h8,11,17,20,25,27,31,33,38,41,45,47,71H,4-7,9-10,12-16,18-19,21-24,26,28-30,32,34-37,39-40,42-44,46,48-70H2,1-3H3/b11-8-,20-17-,27-25-,33-31-,41-38-,47-45-. The van der Waals surface area contributed by atoms with Gasteiger partial charge >= 0.3 is 17.9 Å². The van der Waals surface area contributed by atoms with E-state index in [1.165, 1.54) is 212 Å². The van der Waals surface area contributed by atoms with Crippen LogP contribution in [0.25, 0.3) is 0 Å². The molecular formula is C74H132O6. The molecule has 0 aromatic carbocycles. The topological polar surface area (TPSA) is 78.9 Å². The van der Waals surface area contributed by atoms with Gasteiger partial charge in [-0.15, -0.1) is 0 Å². The Morgan fingerprint density at radius 1 is 0.263 bits per heavy atom. The van der Waals surface area contributed by atoms with Crippen molar-refractivity contribution in [3.8, 4) is 0 Å². The Morgan fingerprint density at radius 3 is 0.762 bits per heavy atom. The summed E-state index contributed by atoms with van der Waals surface area (Å²) in [7, 11) is 0. The number of rotatable bonds is 64. The summed E-state index contributed by atoms with van der Waals surface area (Å²) >= 11 is 0. The third-order valence-corrected chi connectivity index (χ3v) is 15.5. The maximum Gasteiger partial charge on any atom is 0.306 e. The molecule has 0 aliphatic heterocycles. The van der Waals surface area contributed by atoms with Crippen LogP contribution in [0.4, 0.5) is 0 Å². The zero-order valence-corrected chi connectivity index (χ0v) is 53.3. The van der Waals surface area contributed by atoms with E-state index in [0.29, 0.717) is 19.3 Å². The van der Waals surface area contributed by atoms with Crippen molar-refractivity contribution in [2.24, 2.45) is 0 Å². The number of unbranched alkanes of at least 4 members (excludes halogenated alkanes) is 41. The normalized spacial score (nSPS) is 12.5. The Morgan fingerprint density at radius 2 is 0.487 bits per heavy atom. The molecule has 0 saturated carbocycles. The van der Waals surface area contributed by atoms with Crippen LogP contribution in [0, 0.1) is 0 Å². The van der Waals surface area contributed by atoms with Crippen molar-refractivity contribution >= 4 is 17.9 Å². The van der Waals surface area contributed by atoms with Crippen LogP contribution in [0.1, 0.15) is 361 Å². The molecule has 1 atom stereocenters. The van der Waals surface area contributed by atoms with Crippen LogP contribution in [0.5, 0.6) is 0 Å². The lowest BCUT2D eigenvalue weighted by molar-refractivity contribution is -0.167. The molecule has 0 fully saturated rings. The summed E-state index contributed by atoms with van der Waals surface area (Å²) < 4.78 is 16.9. The average Bonchev–Trinajstić information content (AvgIpc) is 3.46. The van der Waals surface area contributed by atoms with Crippen molar-refractivity contribution < 1.29 is 28.6 Å². The molecule has 0 aliphatic rings. The number of hydrogen-bond donors (Lipinski definition) is 0. The molecule has 0 radical (unpaired) electrons. The number of ether oxygens (including phenoxy) is 3. The summed E-state index contributed by atoms with van der Waals surface area (Å²) in [5.41, 5.74) is 0. The van der Waals surface area contributed by atoms with E-state index in [1.54, 1.807) is 0 Å². The Bertz CT molecular complexity index is 1470. The van der Waals surface area contributed by atoms with Gasteiger partial charge in [-0.05, 0) is 70.6 Å². The summed E-state index contributed by atoms with van der Waals surface area (Å²) in [5.74, 6) is -0.873. The number of hydrogen-bond acceptors (Lipinski definition) is 6. The molecule has 464 valence electrons. The van der Waals surface area contributed by atoms with Crippen LogP contribution in [-0.2, 0) is 28.6 Å². The van der Waals surface area contributed by atoms with Crippen molar-refractivity contribution in [3.05, 3.63) is 72.9 Å². The average molecular weight is 1120 g/mol. The van der Waals surface area contributed by atoms with E-state index in [2.05, 4.69) is 93.7 Å². The predicted octanol–water partition coefficient (Wildman–Crippen LogP) is 24.1. The van der Waals surface area contributed by atoms with Crippen molar-refractivity contribution in [1.82, 2.24) is 0 Å². The first-order valence-corrected chi connectivity index (χ1v) is 34.9. The lowest BCUT2D eigenvalue weighted by Crippen LogP contribution is -2.30. The lowest BCUT2D eigenvalue weighted by Gasteiger charge is -2.18. The van der Waals surface area contributed by atoms with Crippen LogP contribution >= 0.6 is 0 Å². The molecule has 0 bridgehead atoms. The van der Waals surface area contributed by atoms with E-state index in [4.69, 9.17) is 14.2 Å². The minimum atomic E-state index is -0.782. The third kappa shape index (κ3) is 65.7. The van der Waals surface area contributed by atoms with E-state index >= 15 is 0 Å². The number of carbonyl (C=O) groups is 3. The summed E-state index contributed by atoms with van der Waals surface area (Å²) in [5, 5.41) is 0. The van der Waals surface area contributed by atoms with Gasteiger partial charge in [-0.2, -0.15) is 0 Å². The van der Waals surface area contributed by atoms with Gasteiger partial charge in [0.2, 0.25) is 0 Å². The molecule has 0 N–H and O–H groups in total. The van der Waals surface area contributed by atoms with Gasteiger partial charge < -0.3 is 14.2 Å². The molecule has 6 nitrogen and oxygen atoms in total. The molecule has 80 heavy (non-hydrogen) atoms. The molecule has 0 rings (SSSR count). The number of carbonyl (C=O) groups excluding carboxylic acids is 3. The van der Waals surface area contributed by atoms with Gasteiger partial charge in [-0.25, -0.2) is 0 Å². The second-order valence-corrected chi connectivity index (χ2v) is 23.4. The van der Waals surface area contributed by atoms with E-state index in [0.717, 1.165) is 109 Å². The van der Waals surface area contributed by atoms with Gasteiger partial charge in [-0.1, -0.05) is 344 Å². The molecule has 0 amide bonds. The van der Waals surface area contributed by atoms with Crippen LogP contribution in [0.15, 0.2) is 72.9 Å². The summed E-state index contributed by atoms with van der Waals surface area (Å²) in [6.45, 7) is 6.56. The highest BCUT2D eigenvalue weighted by molar-refractivity contribution is 5.71. The molecule has 0 aromatic heterocycles. The first-order chi connectivity index (χ1) is 39.5. The lowest BCUT2D eigenvalue weighted by atomic mass is 10.0. The minimum Gasteiger partial charge on any atom is -0.462 e. The van der Waals surface area contributed by atoms with Gasteiger partial charge in [0.25, 0.3) is 0 Å². The molecule has 0 spiro atoms. The maximum absolute atomic E-state index is 12.9. The Kier molecular flexibility index (Phi) is 65.7. The molecule has 0 aliphatic carbocycles. The summed E-state index contributed by atoms with van der Waals surface area (Å²) in [6.07, 6.45) is 89.4. The van der Waals surface area contributed by atoms with E-state index in [1.807, 2.05) is 0 Å². The van der Waals surface area contributed by atoms with E-state index in [-0.39, 0.29) is 31.1 Å². The first-order valence-electron chi connectivity index (χ1n) is 34.9. The molecule has 0 heterocycles. The highest BCUT2D eigenvalue weighted by Gasteiger charge is 2.19. The van der Waals surface area contributed by atoms with Crippen LogP contribution in [0.2, 0.25) is 0 Å². The van der Waals surface area contributed by atoms with Gasteiger partial charge in [-0.3, -0.25) is 14.4 Å². The zero-order chi connectivity index (χ0) is 57.8. The predicted molar refractivity (Wildman–Crippen MR) is 348 cm³/mol. The van der Waals surface area contributed by atoms with E-state index in [9.17, 15) is 14.4 Å². The quantitative estimate of drug-likeness (QED) is 0.0261. The number of allylic oxidation sites excluding steroid dienone is 12. The minimum absolute atomic E-state index is 0.0770. The first kappa shape index (κ1) is 76.9. The van der Waals surface area contributed by atoms with Crippen LogP contribution < -0.4 is 0 Å². The fourth-order valence-corrected chi connectivity index (χ4v) is 10.3. The largest absolute Gasteiger partial charge is 0.462 e. The maximum atomic E-state index is 12.9. The Labute approximate surface area is 497 Å². The fraction of sp³-hybridized carbons (Fsp3) is 0.797. The Balaban J connectivity index is 4.20. The van der Waals surface area contributed by atoms with Gasteiger partial charge in [0.1, 0.15) is 13.2 Å². The SMILES string of the molecule is CC/C=C\C/C=C\C/C=C\C/C=C\C/C=C\C/C=C\CCCCCCCCC(=O)OC(COC(=O)CCCCCCCCCCCC)COC(=O)CCCCCCCCCCCCCCCCCCCCCCCCCCCCC. The van der Waals surface area contributed by atoms with Crippen molar-refractivity contribution in [2.45, 2.75) is 367 Å². The monoisotopic (exact) mass is 1120 g/mol. The summed E-state index contributed by atoms with van der Waals surface area (Å²) in [6, 6.07) is 0. The van der Waals surface area contributed by atoms with Gasteiger partial charge in [0.05, 0.1) is 0 Å². The van der Waals surface area contributed by atoms with Crippen LogP contribution in [0.3, 0.4) is 0 Å². The van der Waals surface area contributed by atoms with Crippen molar-refractivity contribution in [1.29, 1.82) is 0 Å². The Hall–Kier alpha value is -3.15. The molecular weight excluding hydrogens is 985 g/mol. The van der Waals surface area contributed by atoms with Gasteiger partial charge in [0.15, 0.2) is 6.10 Å². The summed E-state index contributed by atoms with van der Waals surface area (Å²) in [4.78, 5) is 38.3. The van der Waals surface area contributed by atoms with E-state index < -0.39 is 6.10 Å². The zero-order valence-electron chi connectivity index (χ0n) is 53.3. The molecule has 0 aromatic rings. The molecule has 0 saturated heterocycles. The van der Waals surface area contributed by atoms with Crippen LogP contribution in [-0.4, -0.2) is 37.2 Å².